The van der Waals surface area contributed by atoms with Crippen LogP contribution in [0.1, 0.15) is 31.0 Å². The van der Waals surface area contributed by atoms with Gasteiger partial charge in [-0.2, -0.15) is 0 Å². The number of aromatic nitrogens is 2. The van der Waals surface area contributed by atoms with Crippen LogP contribution in [0, 0.1) is 5.82 Å². The number of nitrogens with zero attached hydrogens (tertiary/aromatic N) is 2. The quantitative estimate of drug-likeness (QED) is 0.821. The van der Waals surface area contributed by atoms with Gasteiger partial charge in [0.25, 0.3) is 0 Å². The first kappa shape index (κ1) is 10.7. The van der Waals surface area contributed by atoms with Gasteiger partial charge in [0, 0.05) is 25.1 Å². The fourth-order valence-corrected chi connectivity index (χ4v) is 2.83. The summed E-state index contributed by atoms with van der Waals surface area (Å²) in [5.41, 5.74) is 7.80. The van der Waals surface area contributed by atoms with Crippen molar-refractivity contribution < 1.29 is 4.39 Å². The molecule has 1 fully saturated rings. The molecule has 90 valence electrons. The van der Waals surface area contributed by atoms with E-state index >= 15 is 0 Å². The van der Waals surface area contributed by atoms with Crippen molar-refractivity contribution in [3.8, 4) is 0 Å². The van der Waals surface area contributed by atoms with E-state index in [2.05, 4.69) is 4.98 Å². The van der Waals surface area contributed by atoms with Gasteiger partial charge in [-0.3, -0.25) is 0 Å². The van der Waals surface area contributed by atoms with Gasteiger partial charge in [0.05, 0.1) is 11.0 Å². The fraction of sp³-hybridized carbons (Fsp3) is 0.462. The van der Waals surface area contributed by atoms with Crippen molar-refractivity contribution in [2.24, 2.45) is 12.8 Å². The van der Waals surface area contributed by atoms with E-state index in [1.54, 1.807) is 6.07 Å². The van der Waals surface area contributed by atoms with Crippen molar-refractivity contribution in [2.45, 2.75) is 31.2 Å². The van der Waals surface area contributed by atoms with E-state index in [0.29, 0.717) is 5.92 Å². The van der Waals surface area contributed by atoms with Gasteiger partial charge < -0.3 is 10.3 Å². The molecule has 3 rings (SSSR count). The number of nitrogens with two attached hydrogens (primary N) is 1. The zero-order valence-corrected chi connectivity index (χ0v) is 9.86. The highest BCUT2D eigenvalue weighted by Gasteiger charge is 2.29. The molecule has 0 saturated heterocycles. The largest absolute Gasteiger partial charge is 0.331 e. The third kappa shape index (κ3) is 1.63. The lowest BCUT2D eigenvalue weighted by Crippen LogP contribution is -2.24. The highest BCUT2D eigenvalue weighted by Crippen LogP contribution is 2.34. The Morgan fingerprint density at radius 1 is 1.41 bits per heavy atom. The van der Waals surface area contributed by atoms with Crippen LogP contribution in [0.5, 0.6) is 0 Å². The number of fused-ring (bicyclic) bond motifs is 1. The van der Waals surface area contributed by atoms with Crippen molar-refractivity contribution in [3.63, 3.8) is 0 Å². The molecule has 0 radical (unpaired) electrons. The molecule has 1 aliphatic carbocycles. The van der Waals surface area contributed by atoms with E-state index in [-0.39, 0.29) is 11.9 Å². The van der Waals surface area contributed by atoms with Crippen LogP contribution in [0.4, 0.5) is 4.39 Å². The van der Waals surface area contributed by atoms with Crippen LogP contribution in [0.2, 0.25) is 0 Å². The zero-order chi connectivity index (χ0) is 12.0. The molecular formula is C13H16FN3. The molecule has 1 saturated carbocycles. The highest BCUT2D eigenvalue weighted by atomic mass is 19.1. The molecule has 1 aliphatic rings. The van der Waals surface area contributed by atoms with E-state index in [0.717, 1.165) is 36.1 Å². The van der Waals surface area contributed by atoms with Crippen LogP contribution < -0.4 is 5.73 Å². The molecule has 2 N–H and O–H groups in total. The summed E-state index contributed by atoms with van der Waals surface area (Å²) < 4.78 is 15.2. The van der Waals surface area contributed by atoms with E-state index in [4.69, 9.17) is 5.73 Å². The minimum atomic E-state index is -0.238. The molecule has 2 atom stereocenters. The molecule has 17 heavy (non-hydrogen) atoms. The molecule has 1 heterocycles. The molecule has 0 aliphatic heterocycles. The van der Waals surface area contributed by atoms with E-state index in [1.165, 1.54) is 12.1 Å². The molecule has 1 aromatic carbocycles. The second-order valence-electron chi connectivity index (χ2n) is 4.86. The van der Waals surface area contributed by atoms with Crippen molar-refractivity contribution in [2.75, 3.05) is 0 Å². The maximum atomic E-state index is 13.2. The maximum absolute atomic E-state index is 13.2. The fourth-order valence-electron chi connectivity index (χ4n) is 2.83. The van der Waals surface area contributed by atoms with Crippen LogP contribution in [0.3, 0.4) is 0 Å². The summed E-state index contributed by atoms with van der Waals surface area (Å²) in [5, 5.41) is 0. The van der Waals surface area contributed by atoms with Gasteiger partial charge in [0.15, 0.2) is 0 Å². The first-order valence-corrected chi connectivity index (χ1v) is 6.04. The smallest absolute Gasteiger partial charge is 0.125 e. The lowest BCUT2D eigenvalue weighted by Gasteiger charge is -2.14. The molecule has 0 spiro atoms. The van der Waals surface area contributed by atoms with Gasteiger partial charge in [-0.25, -0.2) is 9.37 Å². The maximum Gasteiger partial charge on any atom is 0.125 e. The molecule has 1 aromatic heterocycles. The number of halogens is 1. The minimum Gasteiger partial charge on any atom is -0.331 e. The van der Waals surface area contributed by atoms with Gasteiger partial charge in [-0.15, -0.1) is 0 Å². The monoisotopic (exact) mass is 233 g/mol. The number of imidazole rings is 1. The molecule has 0 amide bonds. The standard InChI is InChI=1S/C13H16FN3/c1-17-12-6-5-8(14)7-11(12)16-13(17)9-3-2-4-10(9)15/h5-7,9-10H,2-4,15H2,1H3. The van der Waals surface area contributed by atoms with Crippen molar-refractivity contribution in [1.82, 2.24) is 9.55 Å². The van der Waals surface area contributed by atoms with Crippen LogP contribution in [-0.4, -0.2) is 15.6 Å². The Hall–Kier alpha value is -1.42. The van der Waals surface area contributed by atoms with Gasteiger partial charge in [-0.1, -0.05) is 6.42 Å². The van der Waals surface area contributed by atoms with Gasteiger partial charge >= 0.3 is 0 Å². The van der Waals surface area contributed by atoms with Crippen molar-refractivity contribution >= 4 is 11.0 Å². The Morgan fingerprint density at radius 3 is 2.94 bits per heavy atom. The summed E-state index contributed by atoms with van der Waals surface area (Å²) in [5.74, 6) is 1.07. The number of benzene rings is 1. The van der Waals surface area contributed by atoms with Crippen LogP contribution in [-0.2, 0) is 7.05 Å². The Labute approximate surface area is 99.4 Å². The lowest BCUT2D eigenvalue weighted by molar-refractivity contribution is 0.565. The van der Waals surface area contributed by atoms with Gasteiger partial charge in [-0.05, 0) is 25.0 Å². The summed E-state index contributed by atoms with van der Waals surface area (Å²) in [6.07, 6.45) is 3.30. The Morgan fingerprint density at radius 2 is 2.24 bits per heavy atom. The second kappa shape index (κ2) is 3.81. The summed E-state index contributed by atoms with van der Waals surface area (Å²) in [6, 6.07) is 4.93. The third-order valence-corrected chi connectivity index (χ3v) is 3.78. The molecule has 3 nitrogen and oxygen atoms in total. The highest BCUT2D eigenvalue weighted by molar-refractivity contribution is 5.76. The SMILES string of the molecule is Cn1c(C2CCCC2N)nc2cc(F)ccc21. The van der Waals surface area contributed by atoms with Crippen LogP contribution in [0.25, 0.3) is 11.0 Å². The summed E-state index contributed by atoms with van der Waals surface area (Å²) in [7, 11) is 1.98. The Bertz CT molecular complexity index is 561. The van der Waals surface area contributed by atoms with E-state index < -0.39 is 0 Å². The van der Waals surface area contributed by atoms with Crippen molar-refractivity contribution in [3.05, 3.63) is 29.8 Å². The number of hydrogen-bond acceptors (Lipinski definition) is 2. The normalized spacial score (nSPS) is 24.6. The van der Waals surface area contributed by atoms with Crippen LogP contribution >= 0.6 is 0 Å². The second-order valence-corrected chi connectivity index (χ2v) is 4.86. The average molecular weight is 233 g/mol. The van der Waals surface area contributed by atoms with E-state index in [1.807, 2.05) is 11.6 Å². The van der Waals surface area contributed by atoms with E-state index in [9.17, 15) is 4.39 Å². The number of rotatable bonds is 1. The number of aryl methyl sites for hydroxylation is 1. The van der Waals surface area contributed by atoms with Crippen molar-refractivity contribution in [1.29, 1.82) is 0 Å². The predicted octanol–water partition coefficient (Wildman–Crippen LogP) is 2.31. The zero-order valence-electron chi connectivity index (χ0n) is 9.86. The molecule has 4 heteroatoms. The first-order valence-electron chi connectivity index (χ1n) is 6.04. The third-order valence-electron chi connectivity index (χ3n) is 3.78. The predicted molar refractivity (Wildman–Crippen MR) is 65.2 cm³/mol. The average Bonchev–Trinajstić information content (AvgIpc) is 2.83. The van der Waals surface area contributed by atoms with Gasteiger partial charge in [0.1, 0.15) is 11.6 Å². The number of hydrogen-bond donors (Lipinski definition) is 1. The Balaban J connectivity index is 2.14. The van der Waals surface area contributed by atoms with Gasteiger partial charge in [0.2, 0.25) is 0 Å². The Kier molecular flexibility index (Phi) is 2.40. The molecule has 2 unspecified atom stereocenters. The summed E-state index contributed by atoms with van der Waals surface area (Å²) >= 11 is 0. The molecule has 0 bridgehead atoms. The minimum absolute atomic E-state index is 0.190. The lowest BCUT2D eigenvalue weighted by atomic mass is 10.0. The molecular weight excluding hydrogens is 217 g/mol. The summed E-state index contributed by atoms with van der Waals surface area (Å²) in [4.78, 5) is 4.55. The van der Waals surface area contributed by atoms with Crippen LogP contribution in [0.15, 0.2) is 18.2 Å². The summed E-state index contributed by atoms with van der Waals surface area (Å²) in [6.45, 7) is 0. The molecule has 2 aromatic rings. The first-order chi connectivity index (χ1) is 8.16. The topological polar surface area (TPSA) is 43.8 Å².